The smallest absolute Gasteiger partial charge is 0.319 e. The summed E-state index contributed by atoms with van der Waals surface area (Å²) in [6, 6.07) is 13.1. The van der Waals surface area contributed by atoms with E-state index in [1.165, 1.54) is 0 Å². The van der Waals surface area contributed by atoms with Crippen molar-refractivity contribution in [3.8, 4) is 0 Å². The summed E-state index contributed by atoms with van der Waals surface area (Å²) in [7, 11) is 0. The van der Waals surface area contributed by atoms with E-state index in [0.717, 1.165) is 16.7 Å². The molecule has 0 bridgehead atoms. The predicted octanol–water partition coefficient (Wildman–Crippen LogP) is 4.45. The van der Waals surface area contributed by atoms with E-state index in [1.54, 1.807) is 6.07 Å². The quantitative estimate of drug-likeness (QED) is 0.630. The number of urea groups is 1. The zero-order valence-corrected chi connectivity index (χ0v) is 17.0. The molecule has 0 heterocycles. The maximum Gasteiger partial charge on any atom is 0.319 e. The van der Waals surface area contributed by atoms with E-state index in [4.69, 9.17) is 4.74 Å². The van der Waals surface area contributed by atoms with Gasteiger partial charge in [0, 0.05) is 30.4 Å². The number of nitrogens with one attached hydrogen (secondary N) is 3. The molecule has 6 nitrogen and oxygen atoms in total. The highest BCUT2D eigenvalue weighted by Crippen LogP contribution is 2.21. The molecule has 0 radical (unpaired) electrons. The molecule has 0 aliphatic rings. The summed E-state index contributed by atoms with van der Waals surface area (Å²) in [5, 5.41) is 8.53. The van der Waals surface area contributed by atoms with Crippen LogP contribution in [0.2, 0.25) is 0 Å². The minimum Gasteiger partial charge on any atom is -0.377 e. The number of benzene rings is 2. The van der Waals surface area contributed by atoms with Crippen molar-refractivity contribution >= 4 is 23.3 Å². The fraction of sp³-hybridized carbons (Fsp3) is 0.364. The van der Waals surface area contributed by atoms with E-state index in [2.05, 4.69) is 16.0 Å². The number of hydrogen-bond donors (Lipinski definition) is 3. The second-order valence-corrected chi connectivity index (χ2v) is 6.93. The molecule has 0 spiro atoms. The lowest BCUT2D eigenvalue weighted by molar-refractivity contribution is -0.118. The number of carbonyl (C=O) groups is 2. The van der Waals surface area contributed by atoms with Crippen LogP contribution in [0.1, 0.15) is 37.5 Å². The third-order valence-corrected chi connectivity index (χ3v) is 4.23. The van der Waals surface area contributed by atoms with Crippen molar-refractivity contribution in [1.29, 1.82) is 0 Å². The highest BCUT2D eigenvalue weighted by Gasteiger charge is 2.10. The molecule has 28 heavy (non-hydrogen) atoms. The molecule has 0 aromatic heterocycles. The average Bonchev–Trinajstić information content (AvgIpc) is 2.68. The summed E-state index contributed by atoms with van der Waals surface area (Å²) in [4.78, 5) is 24.1. The number of ether oxygens (including phenoxy) is 1. The van der Waals surface area contributed by atoms with Crippen LogP contribution in [0.4, 0.5) is 16.2 Å². The van der Waals surface area contributed by atoms with Gasteiger partial charge in [0.05, 0.1) is 6.61 Å². The summed E-state index contributed by atoms with van der Waals surface area (Å²) in [5.41, 5.74) is 4.34. The molecular weight excluding hydrogens is 354 g/mol. The highest BCUT2D eigenvalue weighted by molar-refractivity contribution is 5.94. The molecule has 150 valence electrons. The topological polar surface area (TPSA) is 79.5 Å². The van der Waals surface area contributed by atoms with E-state index in [-0.39, 0.29) is 17.9 Å². The van der Waals surface area contributed by atoms with E-state index in [1.807, 2.05) is 64.1 Å². The first-order chi connectivity index (χ1) is 13.4. The van der Waals surface area contributed by atoms with E-state index >= 15 is 0 Å². The minimum atomic E-state index is -0.297. The van der Waals surface area contributed by atoms with Crippen molar-refractivity contribution in [3.63, 3.8) is 0 Å². The number of aryl methyl sites for hydroxylation is 1. The maximum atomic E-state index is 12.3. The largest absolute Gasteiger partial charge is 0.377 e. The summed E-state index contributed by atoms with van der Waals surface area (Å²) >= 11 is 0. The Labute approximate surface area is 166 Å². The van der Waals surface area contributed by atoms with Gasteiger partial charge in [-0.05, 0) is 42.7 Å². The van der Waals surface area contributed by atoms with Crippen LogP contribution in [0.15, 0.2) is 42.5 Å². The summed E-state index contributed by atoms with van der Waals surface area (Å²) in [5.74, 6) is -0.173. The third-order valence-electron chi connectivity index (χ3n) is 4.23. The lowest BCUT2D eigenvalue weighted by Gasteiger charge is -2.13. The van der Waals surface area contributed by atoms with Crippen LogP contribution in [0.3, 0.4) is 0 Å². The predicted molar refractivity (Wildman–Crippen MR) is 112 cm³/mol. The van der Waals surface area contributed by atoms with Gasteiger partial charge in [0.15, 0.2) is 0 Å². The SMILES string of the molecule is CCOCc1ccc(CNC(=O)Nc2cc(NC(=O)C(C)C)ccc2C)cc1. The van der Waals surface area contributed by atoms with Crippen LogP contribution >= 0.6 is 0 Å². The Balaban J connectivity index is 1.91. The second kappa shape index (κ2) is 10.5. The van der Waals surface area contributed by atoms with Crippen LogP contribution in [0, 0.1) is 12.8 Å². The second-order valence-electron chi connectivity index (χ2n) is 6.93. The Kier molecular flexibility index (Phi) is 8.02. The molecule has 6 heteroatoms. The molecule has 2 aromatic carbocycles. The van der Waals surface area contributed by atoms with E-state index < -0.39 is 0 Å². The van der Waals surface area contributed by atoms with Crippen LogP contribution in [0.5, 0.6) is 0 Å². The monoisotopic (exact) mass is 383 g/mol. The fourth-order valence-electron chi connectivity index (χ4n) is 2.44. The third kappa shape index (κ3) is 6.70. The van der Waals surface area contributed by atoms with Crippen molar-refractivity contribution in [3.05, 3.63) is 59.2 Å². The molecule has 2 rings (SSSR count). The number of hydrogen-bond acceptors (Lipinski definition) is 3. The minimum absolute atomic E-state index is 0.0629. The first-order valence-corrected chi connectivity index (χ1v) is 9.51. The lowest BCUT2D eigenvalue weighted by atomic mass is 10.1. The summed E-state index contributed by atoms with van der Waals surface area (Å²) < 4.78 is 5.38. The number of carbonyl (C=O) groups excluding carboxylic acids is 2. The van der Waals surface area contributed by atoms with Crippen molar-refractivity contribution in [2.45, 2.75) is 40.8 Å². The van der Waals surface area contributed by atoms with Crippen LogP contribution in [-0.4, -0.2) is 18.5 Å². The standard InChI is InChI=1S/C22H29N3O3/c1-5-28-14-18-9-7-17(8-10-18)13-23-22(27)25-20-12-19(11-6-16(20)4)24-21(26)15(2)3/h6-12,15H,5,13-14H2,1-4H3,(H,24,26)(H2,23,25,27). The molecule has 3 amide bonds. The number of anilines is 2. The van der Waals surface area contributed by atoms with Crippen LogP contribution in [-0.2, 0) is 22.7 Å². The molecule has 3 N–H and O–H groups in total. The lowest BCUT2D eigenvalue weighted by Crippen LogP contribution is -2.28. The average molecular weight is 383 g/mol. The van der Waals surface area contributed by atoms with Crippen LogP contribution < -0.4 is 16.0 Å². The molecule has 0 fully saturated rings. The molecule has 0 atom stereocenters. The Morgan fingerprint density at radius 3 is 2.32 bits per heavy atom. The fourth-order valence-corrected chi connectivity index (χ4v) is 2.44. The van der Waals surface area contributed by atoms with Crippen molar-refractivity contribution in [2.75, 3.05) is 17.2 Å². The van der Waals surface area contributed by atoms with Gasteiger partial charge in [0.25, 0.3) is 0 Å². The molecule has 0 aliphatic heterocycles. The first kappa shape index (κ1) is 21.4. The van der Waals surface area contributed by atoms with Gasteiger partial charge in [-0.15, -0.1) is 0 Å². The summed E-state index contributed by atoms with van der Waals surface area (Å²) in [6.45, 7) is 9.23. The zero-order chi connectivity index (χ0) is 20.5. The maximum absolute atomic E-state index is 12.3. The Morgan fingerprint density at radius 2 is 1.68 bits per heavy atom. The van der Waals surface area contributed by atoms with Crippen LogP contribution in [0.25, 0.3) is 0 Å². The van der Waals surface area contributed by atoms with E-state index in [0.29, 0.717) is 31.1 Å². The molecule has 0 saturated heterocycles. The molecule has 2 aromatic rings. The van der Waals surface area contributed by atoms with Gasteiger partial charge in [-0.1, -0.05) is 44.2 Å². The van der Waals surface area contributed by atoms with Gasteiger partial charge in [0.1, 0.15) is 0 Å². The van der Waals surface area contributed by atoms with Crippen molar-refractivity contribution < 1.29 is 14.3 Å². The molecule has 0 saturated carbocycles. The highest BCUT2D eigenvalue weighted by atomic mass is 16.5. The summed E-state index contributed by atoms with van der Waals surface area (Å²) in [6.07, 6.45) is 0. The normalized spacial score (nSPS) is 10.6. The number of amides is 3. The Morgan fingerprint density at radius 1 is 1.00 bits per heavy atom. The zero-order valence-electron chi connectivity index (χ0n) is 17.0. The Bertz CT molecular complexity index is 801. The van der Waals surface area contributed by atoms with Gasteiger partial charge < -0.3 is 20.7 Å². The van der Waals surface area contributed by atoms with E-state index in [9.17, 15) is 9.59 Å². The first-order valence-electron chi connectivity index (χ1n) is 9.51. The van der Waals surface area contributed by atoms with Gasteiger partial charge in [-0.3, -0.25) is 4.79 Å². The van der Waals surface area contributed by atoms with Crippen molar-refractivity contribution in [1.82, 2.24) is 5.32 Å². The molecule has 0 unspecified atom stereocenters. The number of rotatable bonds is 8. The van der Waals surface area contributed by atoms with Gasteiger partial charge in [-0.25, -0.2) is 4.79 Å². The molecular formula is C22H29N3O3. The van der Waals surface area contributed by atoms with Gasteiger partial charge >= 0.3 is 6.03 Å². The Hall–Kier alpha value is -2.86. The van der Waals surface area contributed by atoms with Gasteiger partial charge in [-0.2, -0.15) is 0 Å². The van der Waals surface area contributed by atoms with Gasteiger partial charge in [0.2, 0.25) is 5.91 Å². The van der Waals surface area contributed by atoms with Crippen molar-refractivity contribution in [2.24, 2.45) is 5.92 Å². The molecule has 0 aliphatic carbocycles.